The number of unbranched alkanes of at least 4 members (excludes halogenated alkanes) is 5. The first kappa shape index (κ1) is 14.6. The van der Waals surface area contributed by atoms with Gasteiger partial charge in [-0.1, -0.05) is 25.7 Å². The standard InChI is InChI=1S/C8H18S2.S/c9-7-5-3-1-2-4-6-8-10;/h9-10H,1-8H2;. The molecule has 0 saturated carbocycles. The Bertz CT molecular complexity index is 49.3. The molecule has 0 fully saturated rings. The molecule has 0 aliphatic rings. The summed E-state index contributed by atoms with van der Waals surface area (Å²) in [4.78, 5) is 0. The summed E-state index contributed by atoms with van der Waals surface area (Å²) < 4.78 is 0. The fraction of sp³-hybridized carbons (Fsp3) is 1.00. The van der Waals surface area contributed by atoms with Crippen molar-refractivity contribution in [1.82, 2.24) is 0 Å². The van der Waals surface area contributed by atoms with Gasteiger partial charge in [-0.25, -0.2) is 0 Å². The third-order valence-corrected chi connectivity index (χ3v) is 2.20. The Morgan fingerprint density at radius 2 is 0.818 bits per heavy atom. The maximum Gasteiger partial charge on any atom is 0 e. The second-order valence-electron chi connectivity index (χ2n) is 2.57. The van der Waals surface area contributed by atoms with Crippen LogP contribution in [0.4, 0.5) is 0 Å². The van der Waals surface area contributed by atoms with E-state index in [2.05, 4.69) is 25.3 Å². The van der Waals surface area contributed by atoms with Gasteiger partial charge in [-0.05, 0) is 24.3 Å². The van der Waals surface area contributed by atoms with E-state index in [0.29, 0.717) is 0 Å². The maximum absolute atomic E-state index is 4.15. The van der Waals surface area contributed by atoms with E-state index in [1.54, 1.807) is 0 Å². The molecule has 0 aromatic heterocycles. The molecule has 0 spiro atoms. The highest BCUT2D eigenvalue weighted by atomic mass is 32.1. The molecule has 0 rings (SSSR count). The average molecular weight is 210 g/mol. The summed E-state index contributed by atoms with van der Waals surface area (Å²) in [6, 6.07) is 0. The Labute approximate surface area is 88.8 Å². The summed E-state index contributed by atoms with van der Waals surface area (Å²) in [7, 11) is 0. The van der Waals surface area contributed by atoms with Crippen molar-refractivity contribution < 1.29 is 0 Å². The molecule has 0 N–H and O–H groups in total. The van der Waals surface area contributed by atoms with E-state index >= 15 is 0 Å². The van der Waals surface area contributed by atoms with Gasteiger partial charge < -0.3 is 0 Å². The van der Waals surface area contributed by atoms with Crippen molar-refractivity contribution in [3.8, 4) is 0 Å². The van der Waals surface area contributed by atoms with Crippen LogP contribution in [0, 0.1) is 0 Å². The lowest BCUT2D eigenvalue weighted by molar-refractivity contribution is 0.630. The summed E-state index contributed by atoms with van der Waals surface area (Å²) in [5.41, 5.74) is 0. The first-order chi connectivity index (χ1) is 4.91. The molecule has 0 amide bonds. The third-order valence-electron chi connectivity index (χ3n) is 1.57. The monoisotopic (exact) mass is 210 g/mol. The lowest BCUT2D eigenvalue weighted by Gasteiger charge is -1.97. The van der Waals surface area contributed by atoms with E-state index in [9.17, 15) is 0 Å². The van der Waals surface area contributed by atoms with E-state index in [4.69, 9.17) is 0 Å². The summed E-state index contributed by atoms with van der Waals surface area (Å²) in [5.74, 6) is 2.10. The fourth-order valence-corrected chi connectivity index (χ4v) is 1.38. The predicted molar refractivity (Wildman–Crippen MR) is 63.0 cm³/mol. The van der Waals surface area contributed by atoms with E-state index in [1.807, 2.05) is 0 Å². The quantitative estimate of drug-likeness (QED) is 0.463. The number of hydrogen-bond donors (Lipinski definition) is 2. The van der Waals surface area contributed by atoms with Gasteiger partial charge in [0.05, 0.1) is 0 Å². The average Bonchev–Trinajstić information content (AvgIpc) is 1.97. The molecule has 0 unspecified atom stereocenters. The number of rotatable bonds is 7. The van der Waals surface area contributed by atoms with Crippen LogP contribution in [-0.2, 0) is 0 Å². The van der Waals surface area contributed by atoms with Gasteiger partial charge in [-0.3, -0.25) is 0 Å². The van der Waals surface area contributed by atoms with Gasteiger partial charge in [0.1, 0.15) is 0 Å². The normalized spacial score (nSPS) is 9.27. The SMILES string of the molecule is SCCCCCCCCS.[S]. The molecule has 0 heterocycles. The summed E-state index contributed by atoms with van der Waals surface area (Å²) in [6.45, 7) is 0. The van der Waals surface area contributed by atoms with Crippen LogP contribution in [0.2, 0.25) is 0 Å². The van der Waals surface area contributed by atoms with Gasteiger partial charge in [0, 0.05) is 13.5 Å². The Kier molecular flexibility index (Phi) is 18.0. The van der Waals surface area contributed by atoms with E-state index in [1.165, 1.54) is 38.5 Å². The van der Waals surface area contributed by atoms with E-state index in [0.717, 1.165) is 11.5 Å². The molecule has 3 heteroatoms. The summed E-state index contributed by atoms with van der Waals surface area (Å²) in [5, 5.41) is 0. The Morgan fingerprint density at radius 1 is 0.545 bits per heavy atom. The zero-order chi connectivity index (χ0) is 7.66. The molecule has 0 saturated heterocycles. The molecule has 0 atom stereocenters. The molecule has 2 radical (unpaired) electrons. The number of thiol groups is 2. The van der Waals surface area contributed by atoms with E-state index < -0.39 is 0 Å². The zero-order valence-corrected chi connectivity index (χ0v) is 9.56. The minimum atomic E-state index is 0. The van der Waals surface area contributed by atoms with Gasteiger partial charge in [0.15, 0.2) is 0 Å². The number of hydrogen-bond acceptors (Lipinski definition) is 2. The molecular formula is C8H18S3. The van der Waals surface area contributed by atoms with Crippen LogP contribution in [0.25, 0.3) is 0 Å². The van der Waals surface area contributed by atoms with Crippen LogP contribution in [0.5, 0.6) is 0 Å². The second-order valence-corrected chi connectivity index (χ2v) is 3.46. The van der Waals surface area contributed by atoms with Crippen molar-refractivity contribution in [1.29, 1.82) is 0 Å². The molecule has 0 bridgehead atoms. The zero-order valence-electron chi connectivity index (χ0n) is 6.96. The van der Waals surface area contributed by atoms with Crippen LogP contribution >= 0.6 is 38.8 Å². The van der Waals surface area contributed by atoms with Gasteiger partial charge in [-0.15, -0.1) is 0 Å². The molecule has 0 nitrogen and oxygen atoms in total. The lowest BCUT2D eigenvalue weighted by Crippen LogP contribution is -1.81. The Morgan fingerprint density at radius 3 is 1.09 bits per heavy atom. The van der Waals surface area contributed by atoms with Gasteiger partial charge >= 0.3 is 0 Å². The van der Waals surface area contributed by atoms with Crippen LogP contribution < -0.4 is 0 Å². The topological polar surface area (TPSA) is 0 Å². The fourth-order valence-electron chi connectivity index (χ4n) is 0.931. The molecule has 0 aromatic rings. The van der Waals surface area contributed by atoms with Crippen LogP contribution in [0.1, 0.15) is 38.5 Å². The maximum atomic E-state index is 4.15. The summed E-state index contributed by atoms with van der Waals surface area (Å²) in [6.07, 6.45) is 8.04. The van der Waals surface area contributed by atoms with Crippen LogP contribution in [-0.4, -0.2) is 11.5 Å². The largest absolute Gasteiger partial charge is 0.179 e. The minimum absolute atomic E-state index is 0. The lowest BCUT2D eigenvalue weighted by atomic mass is 10.1. The molecule has 11 heavy (non-hydrogen) atoms. The van der Waals surface area contributed by atoms with Gasteiger partial charge in [-0.2, -0.15) is 25.3 Å². The third kappa shape index (κ3) is 14.0. The van der Waals surface area contributed by atoms with Crippen molar-refractivity contribution in [2.24, 2.45) is 0 Å². The first-order valence-electron chi connectivity index (χ1n) is 4.13. The van der Waals surface area contributed by atoms with Crippen molar-refractivity contribution >= 4 is 38.8 Å². The van der Waals surface area contributed by atoms with Crippen LogP contribution in [0.15, 0.2) is 0 Å². The van der Waals surface area contributed by atoms with Crippen molar-refractivity contribution in [3.63, 3.8) is 0 Å². The Hall–Kier alpha value is 1.05. The van der Waals surface area contributed by atoms with Gasteiger partial charge in [0.25, 0.3) is 0 Å². The molecular weight excluding hydrogens is 192 g/mol. The minimum Gasteiger partial charge on any atom is -0.179 e. The molecule has 0 aliphatic heterocycles. The van der Waals surface area contributed by atoms with Crippen LogP contribution in [0.3, 0.4) is 0 Å². The summed E-state index contributed by atoms with van der Waals surface area (Å²) >= 11 is 8.30. The van der Waals surface area contributed by atoms with Crippen molar-refractivity contribution in [2.45, 2.75) is 38.5 Å². The van der Waals surface area contributed by atoms with Crippen molar-refractivity contribution in [3.05, 3.63) is 0 Å². The first-order valence-corrected chi connectivity index (χ1v) is 5.40. The molecule has 0 aliphatic carbocycles. The Balaban J connectivity index is 0. The highest BCUT2D eigenvalue weighted by molar-refractivity contribution is 7.80. The van der Waals surface area contributed by atoms with E-state index in [-0.39, 0.29) is 13.5 Å². The molecule has 0 aromatic carbocycles. The van der Waals surface area contributed by atoms with Gasteiger partial charge in [0.2, 0.25) is 0 Å². The highest BCUT2D eigenvalue weighted by Gasteiger charge is 1.87. The van der Waals surface area contributed by atoms with Crippen molar-refractivity contribution in [2.75, 3.05) is 11.5 Å². The smallest absolute Gasteiger partial charge is 0 e. The molecule has 68 valence electrons. The highest BCUT2D eigenvalue weighted by Crippen LogP contribution is 2.05. The predicted octanol–water partition coefficient (Wildman–Crippen LogP) is 3.83. The second kappa shape index (κ2) is 13.6.